The lowest BCUT2D eigenvalue weighted by Crippen LogP contribution is -2.25. The van der Waals surface area contributed by atoms with Crippen LogP contribution in [0.2, 0.25) is 0 Å². The lowest BCUT2D eigenvalue weighted by atomic mass is 9.92. The molecule has 2 aromatic heterocycles. The first-order valence-corrected chi connectivity index (χ1v) is 15.7. The Bertz CT molecular complexity index is 2270. The molecule has 198 valence electrons. The van der Waals surface area contributed by atoms with E-state index in [1.165, 1.54) is 0 Å². The third kappa shape index (κ3) is 3.71. The van der Waals surface area contributed by atoms with E-state index in [-0.39, 0.29) is 0 Å². The van der Waals surface area contributed by atoms with Crippen LogP contribution in [0, 0.1) is 0 Å². The number of pyridine rings is 2. The van der Waals surface area contributed by atoms with Crippen molar-refractivity contribution in [2.45, 2.75) is 0 Å². The van der Waals surface area contributed by atoms with Crippen molar-refractivity contribution >= 4 is 66.4 Å². The fourth-order valence-corrected chi connectivity index (χ4v) is 8.92. The molecule has 0 radical (unpaired) electrons. The van der Waals surface area contributed by atoms with Crippen molar-refractivity contribution in [1.82, 2.24) is 9.97 Å². The molecule has 42 heavy (non-hydrogen) atoms. The molecule has 3 nitrogen and oxygen atoms in total. The highest BCUT2D eigenvalue weighted by Crippen LogP contribution is 2.45. The Hall–Kier alpha value is -5.11. The molecule has 0 unspecified atom stereocenters. The van der Waals surface area contributed by atoms with Crippen LogP contribution in [0.25, 0.3) is 54.6 Å². The van der Waals surface area contributed by atoms with E-state index in [0.29, 0.717) is 0 Å². The Labute approximate surface area is 243 Å². The van der Waals surface area contributed by atoms with E-state index in [1.54, 1.807) is 0 Å². The molecule has 4 heteroatoms. The highest BCUT2D eigenvalue weighted by atomic mass is 31.2. The third-order valence-corrected chi connectivity index (χ3v) is 11.2. The first-order chi connectivity index (χ1) is 20.7. The van der Waals surface area contributed by atoms with Crippen molar-refractivity contribution in [3.8, 4) is 11.3 Å². The minimum absolute atomic E-state index is 0.765. The van der Waals surface area contributed by atoms with Gasteiger partial charge < -0.3 is 4.57 Å². The molecule has 6 aromatic carbocycles. The molecule has 0 aliphatic rings. The lowest BCUT2D eigenvalue weighted by molar-refractivity contribution is 0.592. The van der Waals surface area contributed by atoms with E-state index in [1.807, 2.05) is 103 Å². The smallest absolute Gasteiger partial charge is 0.171 e. The van der Waals surface area contributed by atoms with Crippen LogP contribution in [0.5, 0.6) is 0 Å². The van der Waals surface area contributed by atoms with Crippen LogP contribution < -0.4 is 15.9 Å². The third-order valence-electron chi connectivity index (χ3n) is 8.15. The summed E-state index contributed by atoms with van der Waals surface area (Å²) < 4.78 is 15.2. The molecule has 0 amide bonds. The maximum atomic E-state index is 15.2. The summed E-state index contributed by atoms with van der Waals surface area (Å²) in [5.41, 5.74) is 3.73. The number of nitrogens with zero attached hydrogens (tertiary/aromatic N) is 2. The Morgan fingerprint density at radius 2 is 1.07 bits per heavy atom. The molecule has 0 fully saturated rings. The molecule has 0 saturated heterocycles. The van der Waals surface area contributed by atoms with E-state index in [2.05, 4.69) is 48.5 Å². The summed E-state index contributed by atoms with van der Waals surface area (Å²) in [6, 6.07) is 48.7. The van der Waals surface area contributed by atoms with Gasteiger partial charge in [-0.1, -0.05) is 133 Å². The standard InChI is InChI=1S/C38H25N2OP/c41-42(27-15-6-2-7-16-27,28-17-8-3-9-18-28)29-22-23-32-34(25-29)40-37(26-13-4-1-5-14-26)36-30-19-10-11-20-31(30)38-33(35(32)36)21-12-24-39-38/h1-25H. The summed E-state index contributed by atoms with van der Waals surface area (Å²) >= 11 is 0. The zero-order chi connectivity index (χ0) is 28.1. The van der Waals surface area contributed by atoms with Crippen LogP contribution in [0.4, 0.5) is 0 Å². The first-order valence-electron chi connectivity index (χ1n) is 14.0. The molecule has 0 atom stereocenters. The number of rotatable bonds is 4. The minimum atomic E-state index is -3.17. The Kier molecular flexibility index (Phi) is 5.73. The summed E-state index contributed by atoms with van der Waals surface area (Å²) in [6.45, 7) is 0. The molecule has 8 rings (SSSR count). The van der Waals surface area contributed by atoms with Gasteiger partial charge in [0.1, 0.15) is 0 Å². The van der Waals surface area contributed by atoms with Gasteiger partial charge in [-0.15, -0.1) is 0 Å². The van der Waals surface area contributed by atoms with Gasteiger partial charge in [0, 0.05) is 54.6 Å². The molecule has 2 heterocycles. The van der Waals surface area contributed by atoms with Crippen LogP contribution in [0.3, 0.4) is 0 Å². The summed E-state index contributed by atoms with van der Waals surface area (Å²) in [5.74, 6) is 0. The Balaban J connectivity index is 1.54. The number of fused-ring (bicyclic) bond motifs is 8. The van der Waals surface area contributed by atoms with E-state index >= 15 is 4.57 Å². The predicted octanol–water partition coefficient (Wildman–Crippen LogP) is 8.40. The van der Waals surface area contributed by atoms with Gasteiger partial charge in [-0.25, -0.2) is 4.98 Å². The van der Waals surface area contributed by atoms with E-state index in [4.69, 9.17) is 9.97 Å². The maximum Gasteiger partial charge on any atom is 0.171 e. The number of hydrogen-bond donors (Lipinski definition) is 0. The second kappa shape index (κ2) is 9.76. The molecular weight excluding hydrogens is 531 g/mol. The molecular formula is C38H25N2OP. The topological polar surface area (TPSA) is 42.9 Å². The SMILES string of the molecule is O=P(c1ccccc1)(c1ccccc1)c1ccc2c(c1)nc(-c1ccccc1)c1c3ccccc3c3ncccc3c21. The van der Waals surface area contributed by atoms with Crippen molar-refractivity contribution in [1.29, 1.82) is 0 Å². The van der Waals surface area contributed by atoms with Crippen molar-refractivity contribution in [2.24, 2.45) is 0 Å². The average Bonchev–Trinajstić information content (AvgIpc) is 3.08. The molecule has 0 saturated carbocycles. The van der Waals surface area contributed by atoms with Gasteiger partial charge in [0.15, 0.2) is 7.14 Å². The maximum absolute atomic E-state index is 15.2. The number of hydrogen-bond acceptors (Lipinski definition) is 3. The molecule has 0 spiro atoms. The predicted molar refractivity (Wildman–Crippen MR) is 177 cm³/mol. The average molecular weight is 557 g/mol. The fraction of sp³-hybridized carbons (Fsp3) is 0. The Morgan fingerprint density at radius 3 is 1.76 bits per heavy atom. The highest BCUT2D eigenvalue weighted by molar-refractivity contribution is 7.85. The highest BCUT2D eigenvalue weighted by Gasteiger charge is 2.30. The van der Waals surface area contributed by atoms with Gasteiger partial charge in [-0.05, 0) is 17.5 Å². The molecule has 0 aliphatic carbocycles. The molecule has 0 aliphatic heterocycles. The summed E-state index contributed by atoms with van der Waals surface area (Å²) in [7, 11) is -3.17. The summed E-state index contributed by atoms with van der Waals surface area (Å²) in [6.07, 6.45) is 1.86. The van der Waals surface area contributed by atoms with Gasteiger partial charge in [0.05, 0.1) is 16.7 Å². The summed E-state index contributed by atoms with van der Waals surface area (Å²) in [4.78, 5) is 10.2. The van der Waals surface area contributed by atoms with E-state index in [0.717, 1.165) is 70.5 Å². The van der Waals surface area contributed by atoms with Gasteiger partial charge in [-0.2, -0.15) is 0 Å². The van der Waals surface area contributed by atoms with Crippen LogP contribution in [-0.4, -0.2) is 9.97 Å². The van der Waals surface area contributed by atoms with Crippen LogP contribution in [-0.2, 0) is 4.57 Å². The fourth-order valence-electron chi connectivity index (χ4n) is 6.25. The van der Waals surface area contributed by atoms with E-state index in [9.17, 15) is 0 Å². The van der Waals surface area contributed by atoms with Gasteiger partial charge in [0.2, 0.25) is 0 Å². The number of benzene rings is 6. The monoisotopic (exact) mass is 556 g/mol. The first kappa shape index (κ1) is 24.7. The zero-order valence-electron chi connectivity index (χ0n) is 22.7. The minimum Gasteiger partial charge on any atom is -0.309 e. The quantitative estimate of drug-likeness (QED) is 0.162. The second-order valence-electron chi connectivity index (χ2n) is 10.5. The van der Waals surface area contributed by atoms with Crippen molar-refractivity contribution in [3.63, 3.8) is 0 Å². The van der Waals surface area contributed by atoms with Crippen molar-refractivity contribution in [2.75, 3.05) is 0 Å². The largest absolute Gasteiger partial charge is 0.309 e. The van der Waals surface area contributed by atoms with E-state index < -0.39 is 7.14 Å². The van der Waals surface area contributed by atoms with Crippen LogP contribution in [0.1, 0.15) is 0 Å². The van der Waals surface area contributed by atoms with Crippen LogP contribution in [0.15, 0.2) is 152 Å². The number of aromatic nitrogens is 2. The molecule has 8 aromatic rings. The normalized spacial score (nSPS) is 11.9. The van der Waals surface area contributed by atoms with Gasteiger partial charge in [-0.3, -0.25) is 4.98 Å². The zero-order valence-corrected chi connectivity index (χ0v) is 23.6. The molecule has 0 N–H and O–H groups in total. The summed E-state index contributed by atoms with van der Waals surface area (Å²) in [5, 5.41) is 8.92. The van der Waals surface area contributed by atoms with Crippen LogP contribution >= 0.6 is 7.14 Å². The van der Waals surface area contributed by atoms with Crippen molar-refractivity contribution < 1.29 is 4.57 Å². The molecule has 0 bridgehead atoms. The van der Waals surface area contributed by atoms with Gasteiger partial charge >= 0.3 is 0 Å². The lowest BCUT2D eigenvalue weighted by Gasteiger charge is -2.21. The van der Waals surface area contributed by atoms with Crippen molar-refractivity contribution in [3.05, 3.63) is 152 Å². The van der Waals surface area contributed by atoms with Gasteiger partial charge in [0.25, 0.3) is 0 Å². The second-order valence-corrected chi connectivity index (χ2v) is 13.3. The Morgan fingerprint density at radius 1 is 0.476 bits per heavy atom.